The third-order valence-electron chi connectivity index (χ3n) is 2.27. The van der Waals surface area contributed by atoms with E-state index in [9.17, 15) is 8.78 Å². The Morgan fingerprint density at radius 1 is 1.30 bits per heavy atom. The Morgan fingerprint density at radius 2 is 2.00 bits per heavy atom. The van der Waals surface area contributed by atoms with E-state index in [-0.39, 0.29) is 24.9 Å². The number of fused-ring (bicyclic) bond motifs is 2. The van der Waals surface area contributed by atoms with Crippen LogP contribution in [0.25, 0.3) is 0 Å². The standard InChI is InChI=1S/C6H9F2N.ClH/c7-6(8)3-4-1-2-5(6)9-4;/h4-5,9H,1-3H2;1H. The predicted octanol–water partition coefficient (Wildman–Crippen LogP) is 1.57. The summed E-state index contributed by atoms with van der Waals surface area (Å²) in [7, 11) is 0. The second-order valence-electron chi connectivity index (χ2n) is 2.96. The van der Waals surface area contributed by atoms with E-state index >= 15 is 0 Å². The van der Waals surface area contributed by atoms with Crippen LogP contribution in [0.5, 0.6) is 0 Å². The van der Waals surface area contributed by atoms with Crippen molar-refractivity contribution < 1.29 is 8.78 Å². The topological polar surface area (TPSA) is 12.0 Å². The molecule has 0 radical (unpaired) electrons. The Morgan fingerprint density at radius 3 is 2.20 bits per heavy atom. The van der Waals surface area contributed by atoms with Crippen LogP contribution in [0.2, 0.25) is 0 Å². The smallest absolute Gasteiger partial charge is 0.264 e. The van der Waals surface area contributed by atoms with E-state index in [1.807, 2.05) is 0 Å². The molecule has 2 fully saturated rings. The zero-order valence-electron chi connectivity index (χ0n) is 5.44. The molecule has 0 saturated carbocycles. The van der Waals surface area contributed by atoms with Crippen LogP contribution in [0.3, 0.4) is 0 Å². The lowest BCUT2D eigenvalue weighted by Crippen LogP contribution is -2.32. The lowest BCUT2D eigenvalue weighted by Gasteiger charge is -2.18. The van der Waals surface area contributed by atoms with Crippen LogP contribution >= 0.6 is 12.4 Å². The molecular formula is C6H10ClF2N. The van der Waals surface area contributed by atoms with E-state index in [0.29, 0.717) is 6.42 Å². The van der Waals surface area contributed by atoms with Gasteiger partial charge in [0.2, 0.25) is 0 Å². The van der Waals surface area contributed by atoms with Crippen LogP contribution in [0, 0.1) is 0 Å². The summed E-state index contributed by atoms with van der Waals surface area (Å²) in [6.45, 7) is 0. The number of hydrogen-bond acceptors (Lipinski definition) is 1. The van der Waals surface area contributed by atoms with Gasteiger partial charge in [0.25, 0.3) is 5.92 Å². The van der Waals surface area contributed by atoms with Gasteiger partial charge in [0, 0.05) is 12.5 Å². The first kappa shape index (κ1) is 8.21. The van der Waals surface area contributed by atoms with Gasteiger partial charge in [-0.05, 0) is 12.8 Å². The van der Waals surface area contributed by atoms with Gasteiger partial charge in [0.1, 0.15) is 0 Å². The van der Waals surface area contributed by atoms with Crippen LogP contribution < -0.4 is 5.32 Å². The highest BCUT2D eigenvalue weighted by Gasteiger charge is 2.52. The van der Waals surface area contributed by atoms with E-state index in [1.54, 1.807) is 0 Å². The van der Waals surface area contributed by atoms with Gasteiger partial charge >= 0.3 is 0 Å². The highest BCUT2D eigenvalue weighted by molar-refractivity contribution is 5.85. The highest BCUT2D eigenvalue weighted by atomic mass is 35.5. The molecule has 2 saturated heterocycles. The van der Waals surface area contributed by atoms with E-state index in [4.69, 9.17) is 0 Å². The van der Waals surface area contributed by atoms with Crippen molar-refractivity contribution in [3.63, 3.8) is 0 Å². The van der Waals surface area contributed by atoms with Crippen molar-refractivity contribution in [3.05, 3.63) is 0 Å². The van der Waals surface area contributed by atoms with Crippen molar-refractivity contribution >= 4 is 12.4 Å². The molecule has 1 nitrogen and oxygen atoms in total. The molecule has 10 heavy (non-hydrogen) atoms. The first-order valence-electron chi connectivity index (χ1n) is 3.32. The molecule has 2 atom stereocenters. The zero-order valence-corrected chi connectivity index (χ0v) is 6.26. The number of rotatable bonds is 0. The molecule has 0 spiro atoms. The first-order chi connectivity index (χ1) is 4.18. The van der Waals surface area contributed by atoms with Gasteiger partial charge in [-0.2, -0.15) is 0 Å². The third kappa shape index (κ3) is 1.01. The Hall–Kier alpha value is 0.110. The Bertz CT molecular complexity index is 140. The van der Waals surface area contributed by atoms with Crippen molar-refractivity contribution in [2.24, 2.45) is 0 Å². The van der Waals surface area contributed by atoms with E-state index in [0.717, 1.165) is 6.42 Å². The predicted molar refractivity (Wildman–Crippen MR) is 36.8 cm³/mol. The van der Waals surface area contributed by atoms with E-state index < -0.39 is 12.0 Å². The molecule has 4 heteroatoms. The molecule has 2 aliphatic heterocycles. The van der Waals surface area contributed by atoms with Crippen LogP contribution in [-0.4, -0.2) is 18.0 Å². The molecule has 1 N–H and O–H groups in total. The summed E-state index contributed by atoms with van der Waals surface area (Å²) < 4.78 is 25.2. The number of alkyl halides is 2. The highest BCUT2D eigenvalue weighted by Crippen LogP contribution is 2.40. The molecule has 0 aromatic carbocycles. The number of hydrogen-bond donors (Lipinski definition) is 1. The van der Waals surface area contributed by atoms with Gasteiger partial charge in [-0.3, -0.25) is 0 Å². The van der Waals surface area contributed by atoms with Crippen molar-refractivity contribution in [2.75, 3.05) is 0 Å². The molecule has 2 heterocycles. The summed E-state index contributed by atoms with van der Waals surface area (Å²) >= 11 is 0. The van der Waals surface area contributed by atoms with Gasteiger partial charge < -0.3 is 5.32 Å². The first-order valence-corrected chi connectivity index (χ1v) is 3.32. The van der Waals surface area contributed by atoms with E-state index in [2.05, 4.69) is 5.32 Å². The molecule has 0 aromatic rings. The van der Waals surface area contributed by atoms with Crippen molar-refractivity contribution in [2.45, 2.75) is 37.3 Å². The fraction of sp³-hybridized carbons (Fsp3) is 1.00. The number of halogens is 3. The minimum absolute atomic E-state index is 0. The second-order valence-corrected chi connectivity index (χ2v) is 2.96. The van der Waals surface area contributed by atoms with Gasteiger partial charge in [-0.1, -0.05) is 0 Å². The molecule has 0 aliphatic carbocycles. The lowest BCUT2D eigenvalue weighted by atomic mass is 9.97. The molecule has 0 aromatic heterocycles. The monoisotopic (exact) mass is 169 g/mol. The maximum absolute atomic E-state index is 12.6. The average Bonchev–Trinajstić information content (AvgIpc) is 2.19. The summed E-state index contributed by atoms with van der Waals surface area (Å²) in [5.41, 5.74) is 0. The summed E-state index contributed by atoms with van der Waals surface area (Å²) in [6, 6.07) is -0.382. The fourth-order valence-electron chi connectivity index (χ4n) is 1.78. The van der Waals surface area contributed by atoms with E-state index in [1.165, 1.54) is 0 Å². The summed E-state index contributed by atoms with van der Waals surface area (Å²) in [4.78, 5) is 0. The molecule has 0 amide bonds. The van der Waals surface area contributed by atoms with Crippen molar-refractivity contribution in [1.29, 1.82) is 0 Å². The fourth-order valence-corrected chi connectivity index (χ4v) is 1.78. The maximum atomic E-state index is 12.6. The quantitative estimate of drug-likeness (QED) is 0.581. The average molecular weight is 170 g/mol. The van der Waals surface area contributed by atoms with Gasteiger partial charge in [-0.15, -0.1) is 12.4 Å². The Kier molecular flexibility index (Phi) is 1.90. The van der Waals surface area contributed by atoms with Gasteiger partial charge in [-0.25, -0.2) is 8.78 Å². The van der Waals surface area contributed by atoms with Gasteiger partial charge in [0.05, 0.1) is 6.04 Å². The SMILES string of the molecule is Cl.FC1(F)CC2CCC1N2. The van der Waals surface area contributed by atoms with Crippen LogP contribution in [0.15, 0.2) is 0 Å². The van der Waals surface area contributed by atoms with Crippen molar-refractivity contribution in [3.8, 4) is 0 Å². The summed E-state index contributed by atoms with van der Waals surface area (Å²) in [6.07, 6.45) is 1.68. The second kappa shape index (κ2) is 2.31. The molecule has 60 valence electrons. The van der Waals surface area contributed by atoms with Crippen LogP contribution in [-0.2, 0) is 0 Å². The maximum Gasteiger partial charge on any atom is 0.264 e. The lowest BCUT2D eigenvalue weighted by molar-refractivity contribution is -0.0219. The Balaban J connectivity index is 0.000000500. The van der Waals surface area contributed by atoms with Crippen molar-refractivity contribution in [1.82, 2.24) is 5.32 Å². The van der Waals surface area contributed by atoms with Crippen LogP contribution in [0.4, 0.5) is 8.78 Å². The molecule has 2 rings (SSSR count). The summed E-state index contributed by atoms with van der Waals surface area (Å²) in [5.74, 6) is -2.40. The molecule has 2 aliphatic rings. The third-order valence-corrected chi connectivity index (χ3v) is 2.27. The minimum Gasteiger partial charge on any atom is -0.306 e. The zero-order chi connectivity index (χ0) is 6.48. The normalized spacial score (nSPS) is 41.4. The largest absolute Gasteiger partial charge is 0.306 e. The molecule has 2 bridgehead atoms. The Labute approximate surface area is 64.6 Å². The number of nitrogens with one attached hydrogen (secondary N) is 1. The molecular weight excluding hydrogens is 160 g/mol. The summed E-state index contributed by atoms with van der Waals surface area (Å²) in [5, 5.41) is 2.87. The minimum atomic E-state index is -2.40. The molecule has 2 unspecified atom stereocenters. The van der Waals surface area contributed by atoms with Gasteiger partial charge in [0.15, 0.2) is 0 Å². The van der Waals surface area contributed by atoms with Crippen LogP contribution in [0.1, 0.15) is 19.3 Å².